The lowest BCUT2D eigenvalue weighted by molar-refractivity contribution is 0.0601. The number of carbonyl (C=O) groups excluding carboxylic acids is 1. The Labute approximate surface area is 125 Å². The third-order valence-electron chi connectivity index (χ3n) is 2.90. The molecule has 0 radical (unpaired) electrons. The van der Waals surface area contributed by atoms with Crippen molar-refractivity contribution in [2.45, 2.75) is 6.54 Å². The summed E-state index contributed by atoms with van der Waals surface area (Å²) in [5.74, 6) is -1.85. The minimum atomic E-state index is -0.635. The SMILES string of the molecule is COC(=O)c1cc(NCc2c(F)cccc2F)ccc1Cl. The van der Waals surface area contributed by atoms with Crippen molar-refractivity contribution in [3.63, 3.8) is 0 Å². The molecule has 0 aliphatic carbocycles. The van der Waals surface area contributed by atoms with Gasteiger partial charge in [-0.3, -0.25) is 0 Å². The monoisotopic (exact) mass is 311 g/mol. The number of carbonyl (C=O) groups is 1. The molecule has 0 spiro atoms. The fraction of sp³-hybridized carbons (Fsp3) is 0.133. The fourth-order valence-corrected chi connectivity index (χ4v) is 1.99. The van der Waals surface area contributed by atoms with Crippen LogP contribution >= 0.6 is 11.6 Å². The van der Waals surface area contributed by atoms with Crippen LogP contribution in [0.4, 0.5) is 14.5 Å². The van der Waals surface area contributed by atoms with E-state index in [2.05, 4.69) is 10.1 Å². The van der Waals surface area contributed by atoms with Crippen LogP contribution < -0.4 is 5.32 Å². The molecule has 2 aromatic rings. The van der Waals surface area contributed by atoms with Gasteiger partial charge >= 0.3 is 5.97 Å². The van der Waals surface area contributed by atoms with Crippen molar-refractivity contribution in [3.05, 3.63) is 64.2 Å². The smallest absolute Gasteiger partial charge is 0.339 e. The van der Waals surface area contributed by atoms with E-state index in [1.54, 1.807) is 6.07 Å². The van der Waals surface area contributed by atoms with Crippen molar-refractivity contribution in [3.8, 4) is 0 Å². The van der Waals surface area contributed by atoms with Gasteiger partial charge in [-0.15, -0.1) is 0 Å². The molecule has 2 rings (SSSR count). The average Bonchev–Trinajstić information content (AvgIpc) is 2.47. The topological polar surface area (TPSA) is 38.3 Å². The molecule has 0 aliphatic heterocycles. The van der Waals surface area contributed by atoms with E-state index in [0.717, 1.165) is 0 Å². The molecule has 0 aromatic heterocycles. The quantitative estimate of drug-likeness (QED) is 0.867. The second kappa shape index (κ2) is 6.54. The fourth-order valence-electron chi connectivity index (χ4n) is 1.79. The first-order valence-corrected chi connectivity index (χ1v) is 6.45. The Morgan fingerprint density at radius 2 is 1.90 bits per heavy atom. The van der Waals surface area contributed by atoms with Gasteiger partial charge in [-0.1, -0.05) is 17.7 Å². The molecule has 2 aromatic carbocycles. The van der Waals surface area contributed by atoms with Crippen LogP contribution in [0.25, 0.3) is 0 Å². The maximum atomic E-state index is 13.5. The van der Waals surface area contributed by atoms with Gasteiger partial charge in [-0.25, -0.2) is 13.6 Å². The molecule has 0 heterocycles. The van der Waals surface area contributed by atoms with Crippen molar-refractivity contribution in [1.82, 2.24) is 0 Å². The van der Waals surface area contributed by atoms with Crippen LogP contribution in [0.1, 0.15) is 15.9 Å². The summed E-state index contributed by atoms with van der Waals surface area (Å²) < 4.78 is 31.6. The van der Waals surface area contributed by atoms with Gasteiger partial charge in [0.2, 0.25) is 0 Å². The molecular formula is C15H12ClF2NO2. The molecule has 0 saturated heterocycles. The molecule has 0 amide bonds. The van der Waals surface area contributed by atoms with E-state index in [-0.39, 0.29) is 22.7 Å². The van der Waals surface area contributed by atoms with Crippen LogP contribution in [0.15, 0.2) is 36.4 Å². The van der Waals surface area contributed by atoms with Gasteiger partial charge in [-0.05, 0) is 30.3 Å². The van der Waals surface area contributed by atoms with Crippen molar-refractivity contribution >= 4 is 23.3 Å². The minimum Gasteiger partial charge on any atom is -0.465 e. The number of rotatable bonds is 4. The lowest BCUT2D eigenvalue weighted by atomic mass is 10.1. The third-order valence-corrected chi connectivity index (χ3v) is 3.23. The normalized spacial score (nSPS) is 10.3. The Morgan fingerprint density at radius 1 is 1.24 bits per heavy atom. The van der Waals surface area contributed by atoms with Crippen LogP contribution in [0, 0.1) is 11.6 Å². The molecule has 21 heavy (non-hydrogen) atoms. The first kappa shape index (κ1) is 15.3. The number of methoxy groups -OCH3 is 1. The molecule has 0 saturated carbocycles. The Hall–Kier alpha value is -2.14. The van der Waals surface area contributed by atoms with Crippen LogP contribution in [0.5, 0.6) is 0 Å². The zero-order chi connectivity index (χ0) is 15.4. The van der Waals surface area contributed by atoms with E-state index in [4.69, 9.17) is 11.6 Å². The van der Waals surface area contributed by atoms with E-state index in [1.807, 2.05) is 0 Å². The second-order valence-corrected chi connectivity index (χ2v) is 4.65. The van der Waals surface area contributed by atoms with E-state index in [1.165, 1.54) is 37.4 Å². The van der Waals surface area contributed by atoms with Crippen molar-refractivity contribution < 1.29 is 18.3 Å². The number of nitrogens with one attached hydrogen (secondary N) is 1. The maximum absolute atomic E-state index is 13.5. The number of benzene rings is 2. The van der Waals surface area contributed by atoms with Gasteiger partial charge in [0.15, 0.2) is 0 Å². The van der Waals surface area contributed by atoms with Gasteiger partial charge < -0.3 is 10.1 Å². The van der Waals surface area contributed by atoms with Gasteiger partial charge in [0.05, 0.1) is 17.7 Å². The third kappa shape index (κ3) is 3.49. The summed E-state index contributed by atoms with van der Waals surface area (Å²) in [5, 5.41) is 3.08. The summed E-state index contributed by atoms with van der Waals surface area (Å²) in [6, 6.07) is 8.24. The summed E-state index contributed by atoms with van der Waals surface area (Å²) in [6.45, 7) is -0.0548. The predicted octanol–water partition coefficient (Wildman–Crippen LogP) is 4.02. The molecular weight excluding hydrogens is 300 g/mol. The molecule has 0 unspecified atom stereocenters. The highest BCUT2D eigenvalue weighted by Crippen LogP contribution is 2.22. The first-order chi connectivity index (χ1) is 10.0. The molecule has 0 aliphatic rings. The van der Waals surface area contributed by atoms with Crippen LogP contribution in [0.2, 0.25) is 5.02 Å². The lowest BCUT2D eigenvalue weighted by Gasteiger charge is -2.10. The number of hydrogen-bond donors (Lipinski definition) is 1. The predicted molar refractivity (Wildman–Crippen MR) is 76.5 cm³/mol. The van der Waals surface area contributed by atoms with Crippen LogP contribution in [0.3, 0.4) is 0 Å². The summed E-state index contributed by atoms with van der Waals surface area (Å²) in [4.78, 5) is 11.5. The van der Waals surface area contributed by atoms with E-state index >= 15 is 0 Å². The zero-order valence-electron chi connectivity index (χ0n) is 11.1. The average molecular weight is 312 g/mol. The highest BCUT2D eigenvalue weighted by Gasteiger charge is 2.12. The largest absolute Gasteiger partial charge is 0.465 e. The molecule has 0 atom stereocenters. The lowest BCUT2D eigenvalue weighted by Crippen LogP contribution is -2.07. The van der Waals surface area contributed by atoms with Crippen molar-refractivity contribution in [2.75, 3.05) is 12.4 Å². The van der Waals surface area contributed by atoms with Crippen LogP contribution in [-0.4, -0.2) is 13.1 Å². The molecule has 3 nitrogen and oxygen atoms in total. The summed E-state index contributed by atoms with van der Waals surface area (Å²) in [6.07, 6.45) is 0. The standard InChI is InChI=1S/C15H12ClF2NO2/c1-21-15(20)10-7-9(5-6-12(10)16)19-8-11-13(17)3-2-4-14(11)18/h2-7,19H,8H2,1H3. The minimum absolute atomic E-state index is 0.0548. The highest BCUT2D eigenvalue weighted by atomic mass is 35.5. The molecule has 0 bridgehead atoms. The van der Waals surface area contributed by atoms with Crippen molar-refractivity contribution in [2.24, 2.45) is 0 Å². The molecule has 110 valence electrons. The van der Waals surface area contributed by atoms with Crippen LogP contribution in [-0.2, 0) is 11.3 Å². The summed E-state index contributed by atoms with van der Waals surface area (Å²) in [7, 11) is 1.24. The Balaban J connectivity index is 2.19. The second-order valence-electron chi connectivity index (χ2n) is 4.24. The van der Waals surface area contributed by atoms with E-state index in [9.17, 15) is 13.6 Å². The molecule has 6 heteroatoms. The molecule has 0 fully saturated rings. The number of hydrogen-bond acceptors (Lipinski definition) is 3. The highest BCUT2D eigenvalue weighted by molar-refractivity contribution is 6.33. The zero-order valence-corrected chi connectivity index (χ0v) is 11.9. The van der Waals surface area contributed by atoms with Gasteiger partial charge in [0.1, 0.15) is 11.6 Å². The Kier molecular flexibility index (Phi) is 4.75. The number of ether oxygens (including phenoxy) is 1. The summed E-state index contributed by atoms with van der Waals surface area (Å²) in [5.41, 5.74) is 0.604. The van der Waals surface area contributed by atoms with Gasteiger partial charge in [0.25, 0.3) is 0 Å². The summed E-state index contributed by atoms with van der Waals surface area (Å²) >= 11 is 5.89. The first-order valence-electron chi connectivity index (χ1n) is 6.07. The van der Waals surface area contributed by atoms with Gasteiger partial charge in [0, 0.05) is 17.8 Å². The van der Waals surface area contributed by atoms with E-state index in [0.29, 0.717) is 5.69 Å². The number of anilines is 1. The van der Waals surface area contributed by atoms with E-state index < -0.39 is 17.6 Å². The van der Waals surface area contributed by atoms with Gasteiger partial charge in [-0.2, -0.15) is 0 Å². The Morgan fingerprint density at radius 3 is 2.52 bits per heavy atom. The number of esters is 1. The van der Waals surface area contributed by atoms with Crippen molar-refractivity contribution in [1.29, 1.82) is 0 Å². The Bertz CT molecular complexity index is 656. The number of halogens is 3. The molecule has 1 N–H and O–H groups in total. The maximum Gasteiger partial charge on any atom is 0.339 e.